The Morgan fingerprint density at radius 3 is 2.37 bits per heavy atom. The van der Waals surface area contributed by atoms with E-state index < -0.39 is 9.84 Å². The molecule has 1 saturated heterocycles. The zero-order valence-corrected chi connectivity index (χ0v) is 19.2. The highest BCUT2D eigenvalue weighted by Gasteiger charge is 2.45. The lowest BCUT2D eigenvalue weighted by atomic mass is 9.56. The maximum absolute atomic E-state index is 12.1. The number of carbonyl (C=O) groups excluding carboxylic acids is 1. The van der Waals surface area contributed by atoms with Gasteiger partial charge in [-0.1, -0.05) is 13.8 Å². The van der Waals surface area contributed by atoms with Gasteiger partial charge >= 0.3 is 6.09 Å². The van der Waals surface area contributed by atoms with E-state index in [-0.39, 0.29) is 6.09 Å². The number of rotatable bonds is 8. The molecule has 168 valence electrons. The Kier molecular flexibility index (Phi) is 7.32. The Hall–Kier alpha value is -1.76. The molecule has 0 aromatic heterocycles. The van der Waals surface area contributed by atoms with Crippen molar-refractivity contribution >= 4 is 15.9 Å². The second-order valence-corrected chi connectivity index (χ2v) is 11.5. The molecular weight excluding hydrogens is 402 g/mol. The first-order valence-corrected chi connectivity index (χ1v) is 12.9. The van der Waals surface area contributed by atoms with Crippen molar-refractivity contribution in [3.05, 3.63) is 24.3 Å². The molecule has 0 atom stereocenters. The molecule has 0 N–H and O–H groups in total. The number of amides is 1. The van der Waals surface area contributed by atoms with Crippen molar-refractivity contribution in [1.82, 2.24) is 4.90 Å². The van der Waals surface area contributed by atoms with E-state index in [1.54, 1.807) is 24.3 Å². The average molecular weight is 438 g/mol. The molecule has 1 aromatic rings. The van der Waals surface area contributed by atoms with Gasteiger partial charge in [-0.2, -0.15) is 0 Å². The summed E-state index contributed by atoms with van der Waals surface area (Å²) in [4.78, 5) is 14.3. The molecule has 1 heterocycles. The van der Waals surface area contributed by atoms with E-state index in [0.717, 1.165) is 44.7 Å². The Morgan fingerprint density at radius 2 is 1.80 bits per heavy atom. The van der Waals surface area contributed by atoms with E-state index >= 15 is 0 Å². The highest BCUT2D eigenvalue weighted by molar-refractivity contribution is 7.90. The highest BCUT2D eigenvalue weighted by Crippen LogP contribution is 2.54. The molecule has 2 fully saturated rings. The zero-order valence-electron chi connectivity index (χ0n) is 18.4. The number of benzene rings is 1. The number of piperidine rings is 1. The minimum absolute atomic E-state index is 0.156. The number of sulfone groups is 1. The van der Waals surface area contributed by atoms with E-state index in [1.807, 2.05) is 18.7 Å². The van der Waals surface area contributed by atoms with Gasteiger partial charge in [-0.3, -0.25) is 0 Å². The first-order valence-electron chi connectivity index (χ1n) is 11.0. The van der Waals surface area contributed by atoms with Crippen LogP contribution in [0.5, 0.6) is 5.75 Å². The fourth-order valence-electron chi connectivity index (χ4n) is 4.62. The van der Waals surface area contributed by atoms with E-state index in [4.69, 9.17) is 9.47 Å². The standard InChI is InChI=1S/C23H35NO5S/c1-18(2)17-29-22(25)24-12-10-23(11-13-24)15-19(16-23)5-4-14-28-20-6-8-21(9-7-20)30(3,26)27/h6-9,18-19H,4-5,10-17H2,1-3H3. The van der Waals surface area contributed by atoms with Crippen LogP contribution in [0.25, 0.3) is 0 Å². The lowest BCUT2D eigenvalue weighted by Crippen LogP contribution is -2.49. The summed E-state index contributed by atoms with van der Waals surface area (Å²) in [6.07, 6.45) is 7.89. The van der Waals surface area contributed by atoms with Gasteiger partial charge < -0.3 is 14.4 Å². The van der Waals surface area contributed by atoms with E-state index in [2.05, 4.69) is 0 Å². The van der Waals surface area contributed by atoms with Crippen molar-refractivity contribution in [2.45, 2.75) is 57.3 Å². The monoisotopic (exact) mass is 437 g/mol. The van der Waals surface area contributed by atoms with Crippen LogP contribution >= 0.6 is 0 Å². The zero-order chi connectivity index (χ0) is 21.8. The van der Waals surface area contributed by atoms with Crippen LogP contribution in [0.15, 0.2) is 29.2 Å². The number of nitrogens with zero attached hydrogens (tertiary/aromatic N) is 1. The molecule has 1 amide bonds. The number of carbonyl (C=O) groups is 1. The molecule has 0 bridgehead atoms. The molecule has 1 aromatic carbocycles. The number of hydrogen-bond donors (Lipinski definition) is 0. The molecular formula is C23H35NO5S. The molecule has 3 rings (SSSR count). The number of hydrogen-bond acceptors (Lipinski definition) is 5. The quantitative estimate of drug-likeness (QED) is 0.559. The van der Waals surface area contributed by atoms with Crippen molar-refractivity contribution in [1.29, 1.82) is 0 Å². The molecule has 6 nitrogen and oxygen atoms in total. The largest absolute Gasteiger partial charge is 0.494 e. The van der Waals surface area contributed by atoms with Gasteiger partial charge in [-0.25, -0.2) is 13.2 Å². The van der Waals surface area contributed by atoms with Crippen LogP contribution in [0, 0.1) is 17.3 Å². The maximum Gasteiger partial charge on any atom is 0.409 e. The lowest BCUT2D eigenvalue weighted by Gasteiger charge is -2.52. The van der Waals surface area contributed by atoms with Gasteiger partial charge in [0, 0.05) is 19.3 Å². The third-order valence-corrected chi connectivity index (χ3v) is 7.47. The van der Waals surface area contributed by atoms with Gasteiger partial charge in [0.2, 0.25) is 0 Å². The molecule has 2 aliphatic rings. The van der Waals surface area contributed by atoms with E-state index in [9.17, 15) is 13.2 Å². The summed E-state index contributed by atoms with van der Waals surface area (Å²) < 4.78 is 34.1. The molecule has 1 aliphatic carbocycles. The third-order valence-electron chi connectivity index (χ3n) is 6.34. The van der Waals surface area contributed by atoms with E-state index in [0.29, 0.717) is 35.2 Å². The van der Waals surface area contributed by atoms with E-state index in [1.165, 1.54) is 19.1 Å². The van der Waals surface area contributed by atoms with Crippen LogP contribution in [0.2, 0.25) is 0 Å². The summed E-state index contributed by atoms with van der Waals surface area (Å²) in [5.41, 5.74) is 0.432. The molecule has 0 unspecified atom stereocenters. The summed E-state index contributed by atoms with van der Waals surface area (Å²) in [5.74, 6) is 1.83. The predicted molar refractivity (Wildman–Crippen MR) is 116 cm³/mol. The van der Waals surface area contributed by atoms with Gasteiger partial charge in [0.15, 0.2) is 9.84 Å². The van der Waals surface area contributed by atoms with Crippen LogP contribution in [0.4, 0.5) is 4.79 Å². The first-order chi connectivity index (χ1) is 14.2. The van der Waals surface area contributed by atoms with Crippen molar-refractivity contribution < 1.29 is 22.7 Å². The van der Waals surface area contributed by atoms with Crippen molar-refractivity contribution in [2.24, 2.45) is 17.3 Å². The van der Waals surface area contributed by atoms with Gasteiger partial charge in [0.1, 0.15) is 5.75 Å². The molecule has 30 heavy (non-hydrogen) atoms. The summed E-state index contributed by atoms with van der Waals surface area (Å²) >= 11 is 0. The minimum atomic E-state index is -3.16. The lowest BCUT2D eigenvalue weighted by molar-refractivity contribution is -0.0183. The molecule has 1 aliphatic heterocycles. The fraction of sp³-hybridized carbons (Fsp3) is 0.696. The predicted octanol–water partition coefficient (Wildman–Crippen LogP) is 4.53. The Balaban J connectivity index is 1.30. The Bertz CT molecular complexity index is 803. The van der Waals surface area contributed by atoms with Crippen LogP contribution in [-0.4, -0.2) is 52.0 Å². The first kappa shape index (κ1) is 22.9. The fourth-order valence-corrected chi connectivity index (χ4v) is 5.25. The second kappa shape index (κ2) is 9.58. The van der Waals surface area contributed by atoms with Gasteiger partial charge in [-0.15, -0.1) is 0 Å². The molecule has 1 spiro atoms. The summed E-state index contributed by atoms with van der Waals surface area (Å²) in [5, 5.41) is 0. The van der Waals surface area contributed by atoms with Gasteiger partial charge in [-0.05, 0) is 80.0 Å². The third kappa shape index (κ3) is 6.13. The second-order valence-electron chi connectivity index (χ2n) is 9.47. The maximum atomic E-state index is 12.1. The summed E-state index contributed by atoms with van der Waals surface area (Å²) in [6.45, 7) is 6.87. The summed E-state index contributed by atoms with van der Waals surface area (Å²) in [6, 6.07) is 6.61. The van der Waals surface area contributed by atoms with Crippen LogP contribution in [0.1, 0.15) is 52.4 Å². The van der Waals surface area contributed by atoms with Crippen molar-refractivity contribution in [3.8, 4) is 5.75 Å². The Morgan fingerprint density at radius 1 is 1.17 bits per heavy atom. The molecule has 0 radical (unpaired) electrons. The molecule has 7 heteroatoms. The van der Waals surface area contributed by atoms with Crippen LogP contribution < -0.4 is 4.74 Å². The van der Waals surface area contributed by atoms with Gasteiger partial charge in [0.25, 0.3) is 0 Å². The molecule has 1 saturated carbocycles. The number of ether oxygens (including phenoxy) is 2. The Labute approximate surface area is 180 Å². The average Bonchev–Trinajstić information content (AvgIpc) is 2.68. The topological polar surface area (TPSA) is 72.9 Å². The van der Waals surface area contributed by atoms with Crippen molar-refractivity contribution in [2.75, 3.05) is 32.6 Å². The van der Waals surface area contributed by atoms with Crippen LogP contribution in [-0.2, 0) is 14.6 Å². The highest BCUT2D eigenvalue weighted by atomic mass is 32.2. The smallest absolute Gasteiger partial charge is 0.409 e. The van der Waals surface area contributed by atoms with Gasteiger partial charge in [0.05, 0.1) is 18.1 Å². The van der Waals surface area contributed by atoms with Crippen LogP contribution in [0.3, 0.4) is 0 Å². The minimum Gasteiger partial charge on any atom is -0.494 e. The van der Waals surface area contributed by atoms with Crippen molar-refractivity contribution in [3.63, 3.8) is 0 Å². The normalized spacial score (nSPS) is 19.0. The SMILES string of the molecule is CC(C)COC(=O)N1CCC2(CC1)CC(CCCOc1ccc(S(C)(=O)=O)cc1)C2. The summed E-state index contributed by atoms with van der Waals surface area (Å²) in [7, 11) is -3.16. The number of likely N-dealkylation sites (tertiary alicyclic amines) is 1.